The van der Waals surface area contributed by atoms with E-state index in [-0.39, 0.29) is 5.75 Å². The lowest BCUT2D eigenvalue weighted by atomic mass is 9.95. The molecule has 3 nitrogen and oxygen atoms in total. The molecule has 4 aromatic rings. The molecule has 0 aliphatic heterocycles. The molecule has 3 heteroatoms. The number of carbonyl (C=O) groups is 1. The summed E-state index contributed by atoms with van der Waals surface area (Å²) < 4.78 is 5.47. The topological polar surface area (TPSA) is 46.5 Å². The van der Waals surface area contributed by atoms with E-state index >= 15 is 0 Å². The molecule has 0 amide bonds. The average Bonchev–Trinajstić information content (AvgIpc) is 2.82. The van der Waals surface area contributed by atoms with Crippen molar-refractivity contribution in [1.29, 1.82) is 0 Å². The predicted octanol–water partition coefficient (Wildman–Crippen LogP) is 6.41. The van der Waals surface area contributed by atoms with E-state index in [4.69, 9.17) is 4.74 Å². The van der Waals surface area contributed by atoms with Crippen LogP contribution in [-0.4, -0.2) is 11.1 Å². The maximum Gasteiger partial charge on any atom is 0.335 e. The number of ether oxygens (including phenoxy) is 1. The number of phenolic OH excluding ortho intramolecular Hbond substituents is 1. The summed E-state index contributed by atoms with van der Waals surface area (Å²) in [4.78, 5) is 11.9. The lowest BCUT2D eigenvalue weighted by Crippen LogP contribution is -2.06. The summed E-state index contributed by atoms with van der Waals surface area (Å²) in [7, 11) is 0. The number of carbonyl (C=O) groups excluding carboxylic acids is 1. The molecule has 152 valence electrons. The molecule has 0 bridgehead atoms. The fraction of sp³-hybridized carbons (Fsp3) is 0.0357. The van der Waals surface area contributed by atoms with Gasteiger partial charge in [0.2, 0.25) is 0 Å². The van der Waals surface area contributed by atoms with Crippen molar-refractivity contribution < 1.29 is 14.6 Å². The third-order valence-corrected chi connectivity index (χ3v) is 5.11. The summed E-state index contributed by atoms with van der Waals surface area (Å²) in [6.45, 7) is 3.48. The first-order chi connectivity index (χ1) is 15.1. The van der Waals surface area contributed by atoms with Crippen molar-refractivity contribution in [2.45, 2.75) is 6.42 Å². The molecule has 0 fully saturated rings. The van der Waals surface area contributed by atoms with Crippen molar-refractivity contribution in [3.8, 4) is 33.8 Å². The van der Waals surface area contributed by atoms with Gasteiger partial charge in [0, 0.05) is 18.1 Å². The first-order valence-electron chi connectivity index (χ1n) is 10.0. The molecule has 0 aliphatic rings. The SMILES string of the molecule is C=CC(=O)Oc1ccc(-c2ccccc2)cc1Cc1cc(-c2ccccc2)ccc1O. The maximum absolute atomic E-state index is 11.9. The van der Waals surface area contributed by atoms with Gasteiger partial charge in [-0.2, -0.15) is 0 Å². The van der Waals surface area contributed by atoms with E-state index in [9.17, 15) is 9.90 Å². The molecule has 0 unspecified atom stereocenters. The molecule has 0 atom stereocenters. The van der Waals surface area contributed by atoms with Gasteiger partial charge in [-0.05, 0) is 52.1 Å². The van der Waals surface area contributed by atoms with Crippen LogP contribution in [0.5, 0.6) is 11.5 Å². The van der Waals surface area contributed by atoms with Gasteiger partial charge in [0.05, 0.1) is 0 Å². The zero-order valence-corrected chi connectivity index (χ0v) is 17.0. The highest BCUT2D eigenvalue weighted by atomic mass is 16.5. The summed E-state index contributed by atoms with van der Waals surface area (Å²) in [5.74, 6) is 0.135. The first kappa shape index (κ1) is 20.2. The molecule has 0 saturated heterocycles. The highest BCUT2D eigenvalue weighted by Gasteiger charge is 2.13. The normalized spacial score (nSPS) is 10.5. The van der Waals surface area contributed by atoms with Gasteiger partial charge in [-0.15, -0.1) is 0 Å². The Balaban J connectivity index is 1.75. The van der Waals surface area contributed by atoms with Crippen LogP contribution in [0.15, 0.2) is 110 Å². The van der Waals surface area contributed by atoms with Crippen LogP contribution < -0.4 is 4.74 Å². The number of benzene rings is 4. The molecule has 0 spiro atoms. The fourth-order valence-corrected chi connectivity index (χ4v) is 3.52. The molecule has 31 heavy (non-hydrogen) atoms. The summed E-state index contributed by atoms with van der Waals surface area (Å²) in [5.41, 5.74) is 5.71. The Morgan fingerprint density at radius 2 is 1.29 bits per heavy atom. The standard InChI is InChI=1S/C28H22O3/c1-2-28(30)31-27-16-14-23(21-11-7-4-8-12-21)18-25(27)19-24-17-22(13-15-26(24)29)20-9-5-3-6-10-20/h2-18,29H,1,19H2. The number of hydrogen-bond acceptors (Lipinski definition) is 3. The van der Waals surface area contributed by atoms with Gasteiger partial charge < -0.3 is 9.84 Å². The minimum Gasteiger partial charge on any atom is -0.508 e. The van der Waals surface area contributed by atoms with Crippen molar-refractivity contribution in [2.75, 3.05) is 0 Å². The monoisotopic (exact) mass is 406 g/mol. The maximum atomic E-state index is 11.9. The fourth-order valence-electron chi connectivity index (χ4n) is 3.52. The highest BCUT2D eigenvalue weighted by molar-refractivity contribution is 5.84. The van der Waals surface area contributed by atoms with Crippen molar-refractivity contribution >= 4 is 5.97 Å². The van der Waals surface area contributed by atoms with Gasteiger partial charge in [0.25, 0.3) is 0 Å². The van der Waals surface area contributed by atoms with E-state index in [1.165, 1.54) is 0 Å². The van der Waals surface area contributed by atoms with Crippen molar-refractivity contribution in [2.24, 2.45) is 0 Å². The van der Waals surface area contributed by atoms with Crippen LogP contribution in [0.3, 0.4) is 0 Å². The summed E-state index contributed by atoms with van der Waals surface area (Å²) in [6.07, 6.45) is 1.55. The molecule has 0 heterocycles. The smallest absolute Gasteiger partial charge is 0.335 e. The molecule has 0 radical (unpaired) electrons. The van der Waals surface area contributed by atoms with Gasteiger partial charge in [-0.3, -0.25) is 0 Å². The van der Waals surface area contributed by atoms with E-state index in [0.29, 0.717) is 12.2 Å². The third kappa shape index (κ3) is 4.73. The first-order valence-corrected chi connectivity index (χ1v) is 10.0. The third-order valence-electron chi connectivity index (χ3n) is 5.11. The largest absolute Gasteiger partial charge is 0.508 e. The molecule has 0 aliphatic carbocycles. The molecular formula is C28H22O3. The van der Waals surface area contributed by atoms with Crippen molar-refractivity contribution in [3.05, 3.63) is 121 Å². The van der Waals surface area contributed by atoms with E-state index < -0.39 is 5.97 Å². The zero-order valence-electron chi connectivity index (χ0n) is 17.0. The van der Waals surface area contributed by atoms with Crippen LogP contribution in [0.2, 0.25) is 0 Å². The number of aromatic hydroxyl groups is 1. The Morgan fingerprint density at radius 1 is 0.742 bits per heavy atom. The molecule has 0 saturated carbocycles. The van der Waals surface area contributed by atoms with Gasteiger partial charge in [0.15, 0.2) is 0 Å². The molecule has 4 rings (SSSR count). The van der Waals surface area contributed by atoms with Crippen LogP contribution in [0.25, 0.3) is 22.3 Å². The number of rotatable bonds is 6. The van der Waals surface area contributed by atoms with E-state index in [0.717, 1.165) is 39.5 Å². The van der Waals surface area contributed by atoms with Gasteiger partial charge in [-0.25, -0.2) is 4.79 Å². The minimum atomic E-state index is -0.518. The average molecular weight is 406 g/mol. The van der Waals surface area contributed by atoms with Gasteiger partial charge in [-0.1, -0.05) is 79.4 Å². The van der Waals surface area contributed by atoms with Crippen LogP contribution in [0, 0.1) is 0 Å². The molecule has 0 aromatic heterocycles. The molecule has 4 aromatic carbocycles. The molecule has 1 N–H and O–H groups in total. The quantitative estimate of drug-likeness (QED) is 0.229. The summed E-state index contributed by atoms with van der Waals surface area (Å²) in [6, 6.07) is 31.3. The lowest BCUT2D eigenvalue weighted by Gasteiger charge is -2.14. The van der Waals surface area contributed by atoms with E-state index in [1.807, 2.05) is 84.9 Å². The second-order valence-corrected chi connectivity index (χ2v) is 7.20. The Kier molecular flexibility index (Phi) is 5.95. The van der Waals surface area contributed by atoms with Crippen molar-refractivity contribution in [3.63, 3.8) is 0 Å². The predicted molar refractivity (Wildman–Crippen MR) is 124 cm³/mol. The Labute approximate surface area is 181 Å². The van der Waals surface area contributed by atoms with Gasteiger partial charge in [0.1, 0.15) is 11.5 Å². The van der Waals surface area contributed by atoms with E-state index in [2.05, 4.69) is 6.58 Å². The van der Waals surface area contributed by atoms with Crippen LogP contribution >= 0.6 is 0 Å². The minimum absolute atomic E-state index is 0.200. The second-order valence-electron chi connectivity index (χ2n) is 7.20. The number of phenols is 1. The lowest BCUT2D eigenvalue weighted by molar-refractivity contribution is -0.129. The summed E-state index contributed by atoms with van der Waals surface area (Å²) >= 11 is 0. The number of hydrogen-bond donors (Lipinski definition) is 1. The molecular weight excluding hydrogens is 384 g/mol. The van der Waals surface area contributed by atoms with Crippen LogP contribution in [-0.2, 0) is 11.2 Å². The van der Waals surface area contributed by atoms with Crippen molar-refractivity contribution in [1.82, 2.24) is 0 Å². The van der Waals surface area contributed by atoms with Crippen LogP contribution in [0.1, 0.15) is 11.1 Å². The summed E-state index contributed by atoms with van der Waals surface area (Å²) in [5, 5.41) is 10.5. The highest BCUT2D eigenvalue weighted by Crippen LogP contribution is 2.33. The zero-order chi connectivity index (χ0) is 21.6. The Bertz CT molecular complexity index is 1210. The van der Waals surface area contributed by atoms with Gasteiger partial charge >= 0.3 is 5.97 Å². The van der Waals surface area contributed by atoms with E-state index in [1.54, 1.807) is 12.1 Å². The Hall–Kier alpha value is -4.11. The Morgan fingerprint density at radius 3 is 1.87 bits per heavy atom. The second kappa shape index (κ2) is 9.14. The number of esters is 1. The van der Waals surface area contributed by atoms with Crippen LogP contribution in [0.4, 0.5) is 0 Å².